The summed E-state index contributed by atoms with van der Waals surface area (Å²) >= 11 is 1.70. The molecule has 0 unspecified atom stereocenters. The summed E-state index contributed by atoms with van der Waals surface area (Å²) in [6.07, 6.45) is 7.81. The second-order valence-corrected chi connectivity index (χ2v) is 10.0. The van der Waals surface area contributed by atoms with Crippen LogP contribution in [0.25, 0.3) is 22.4 Å². The maximum absolute atomic E-state index is 11.7. The summed E-state index contributed by atoms with van der Waals surface area (Å²) < 4.78 is 2.32. The van der Waals surface area contributed by atoms with Crippen molar-refractivity contribution in [3.05, 3.63) is 64.3 Å². The van der Waals surface area contributed by atoms with Crippen LogP contribution >= 0.6 is 11.9 Å². The van der Waals surface area contributed by atoms with Crippen LogP contribution < -0.4 is 9.21 Å². The van der Waals surface area contributed by atoms with E-state index in [0.717, 1.165) is 82.5 Å². The Labute approximate surface area is 212 Å². The van der Waals surface area contributed by atoms with Crippen LogP contribution in [0.5, 0.6) is 0 Å². The molecule has 0 saturated carbocycles. The molecule has 0 atom stereocenters. The van der Waals surface area contributed by atoms with Gasteiger partial charge in [-0.15, -0.1) is 0 Å². The Bertz CT molecular complexity index is 1250. The maximum Gasteiger partial charge on any atom is 0.124 e. The number of anilines is 2. The molecule has 0 bridgehead atoms. The van der Waals surface area contributed by atoms with Crippen molar-refractivity contribution in [2.75, 3.05) is 29.1 Å². The number of rotatable bonds is 9. The lowest BCUT2D eigenvalue weighted by atomic mass is 9.82. The molecular formula is C29H33N3O2S. The van der Waals surface area contributed by atoms with Gasteiger partial charge in [-0.25, -0.2) is 0 Å². The summed E-state index contributed by atoms with van der Waals surface area (Å²) in [6, 6.07) is 10.8. The van der Waals surface area contributed by atoms with Gasteiger partial charge in [0.15, 0.2) is 0 Å². The Hall–Kier alpha value is -3.12. The van der Waals surface area contributed by atoms with E-state index in [2.05, 4.69) is 66.6 Å². The van der Waals surface area contributed by atoms with Gasteiger partial charge in [-0.3, -0.25) is 4.98 Å². The molecule has 3 aromatic rings. The van der Waals surface area contributed by atoms with Crippen molar-refractivity contribution >= 4 is 35.9 Å². The number of hydrogen-bond acceptors (Lipinski definition) is 6. The van der Waals surface area contributed by atoms with Crippen LogP contribution in [0.4, 0.5) is 11.4 Å². The van der Waals surface area contributed by atoms with Crippen molar-refractivity contribution in [3.63, 3.8) is 0 Å². The fraction of sp³-hybridized carbons (Fsp3) is 0.345. The molecule has 0 amide bonds. The van der Waals surface area contributed by atoms with E-state index in [4.69, 9.17) is 4.98 Å². The van der Waals surface area contributed by atoms with Crippen molar-refractivity contribution in [2.45, 2.75) is 46.6 Å². The number of fused-ring (bicyclic) bond motifs is 3. The fourth-order valence-electron chi connectivity index (χ4n) is 5.08. The number of unbranched alkanes of at least 4 members (excludes halogenated alkanes) is 1. The van der Waals surface area contributed by atoms with Gasteiger partial charge < -0.3 is 18.8 Å². The van der Waals surface area contributed by atoms with Crippen molar-refractivity contribution in [1.29, 1.82) is 0 Å². The van der Waals surface area contributed by atoms with Gasteiger partial charge in [0, 0.05) is 43.8 Å². The molecule has 0 N–H and O–H groups in total. The molecule has 35 heavy (non-hydrogen) atoms. The highest BCUT2D eigenvalue weighted by Gasteiger charge is 2.30. The first-order chi connectivity index (χ1) is 16.9. The van der Waals surface area contributed by atoms with Gasteiger partial charge in [-0.05, 0) is 61.1 Å². The van der Waals surface area contributed by atoms with Crippen molar-refractivity contribution < 1.29 is 9.59 Å². The van der Waals surface area contributed by atoms with E-state index in [0.29, 0.717) is 12.8 Å². The first-order valence-electron chi connectivity index (χ1n) is 12.0. The van der Waals surface area contributed by atoms with Crippen molar-refractivity contribution in [3.8, 4) is 22.4 Å². The highest BCUT2D eigenvalue weighted by atomic mass is 32.2. The van der Waals surface area contributed by atoms with Crippen LogP contribution in [0.1, 0.15) is 40.7 Å². The molecule has 1 aromatic heterocycles. The van der Waals surface area contributed by atoms with E-state index >= 15 is 0 Å². The minimum absolute atomic E-state index is 0.385. The normalized spacial score (nSPS) is 12.2. The third-order valence-corrected chi connectivity index (χ3v) is 7.71. The molecule has 1 aliphatic heterocycles. The molecule has 2 aromatic carbocycles. The van der Waals surface area contributed by atoms with E-state index in [1.54, 1.807) is 11.9 Å². The zero-order valence-corrected chi connectivity index (χ0v) is 22.0. The van der Waals surface area contributed by atoms with Gasteiger partial charge >= 0.3 is 0 Å². The van der Waals surface area contributed by atoms with E-state index in [1.807, 2.05) is 13.2 Å². The van der Waals surface area contributed by atoms with Gasteiger partial charge in [0.2, 0.25) is 0 Å². The molecule has 4 rings (SSSR count). The van der Waals surface area contributed by atoms with E-state index in [9.17, 15) is 9.59 Å². The molecule has 1 aliphatic rings. The molecule has 0 saturated heterocycles. The molecule has 5 nitrogen and oxygen atoms in total. The summed E-state index contributed by atoms with van der Waals surface area (Å²) in [5.74, 6) is 0. The third-order valence-electron chi connectivity index (χ3n) is 6.95. The van der Waals surface area contributed by atoms with Crippen LogP contribution in [-0.4, -0.2) is 37.4 Å². The van der Waals surface area contributed by atoms with E-state index < -0.39 is 0 Å². The summed E-state index contributed by atoms with van der Waals surface area (Å²) in [7, 11) is 2.05. The Kier molecular flexibility index (Phi) is 7.60. The summed E-state index contributed by atoms with van der Waals surface area (Å²) in [5.41, 5.74) is 12.4. The number of nitrogens with zero attached hydrogens (tertiary/aromatic N) is 3. The quantitative estimate of drug-likeness (QED) is 0.207. The zero-order chi connectivity index (χ0) is 25.1. The largest absolute Gasteiger partial charge is 0.373 e. The second-order valence-electron chi connectivity index (χ2n) is 9.21. The predicted molar refractivity (Wildman–Crippen MR) is 147 cm³/mol. The molecule has 0 aliphatic carbocycles. The molecule has 6 heteroatoms. The van der Waals surface area contributed by atoms with Crippen LogP contribution in [0.2, 0.25) is 0 Å². The lowest BCUT2D eigenvalue weighted by Gasteiger charge is -2.35. The number of pyridine rings is 1. The highest BCUT2D eigenvalue weighted by Crippen LogP contribution is 2.49. The number of benzene rings is 2. The fourth-order valence-corrected chi connectivity index (χ4v) is 5.76. The first-order valence-corrected chi connectivity index (χ1v) is 13.2. The highest BCUT2D eigenvalue weighted by molar-refractivity contribution is 7.99. The molecule has 0 spiro atoms. The number of aryl methyl sites for hydroxylation is 1. The molecule has 0 fully saturated rings. The number of aromatic nitrogens is 1. The monoisotopic (exact) mass is 487 g/mol. The average molecular weight is 488 g/mol. The number of carbonyl (C=O) groups is 2. The van der Waals surface area contributed by atoms with Crippen LogP contribution in [0.15, 0.2) is 36.5 Å². The summed E-state index contributed by atoms with van der Waals surface area (Å²) in [4.78, 5) is 29.6. The first kappa shape index (κ1) is 25.0. The standard InChI is InChI=1S/C29H33N3O2S/c1-19-8-10-22(11-9-19)26-21(3)27-28-23(16-24(17-30-28)31(4)13-6-7-14-33)18-32(35-5)29(27)20(2)25(26)12-15-34/h8-11,14-17H,6-7,12-13,18H2,1-5H3. The Morgan fingerprint density at radius 2 is 1.80 bits per heavy atom. The lowest BCUT2D eigenvalue weighted by Crippen LogP contribution is -2.24. The maximum atomic E-state index is 11.7. The van der Waals surface area contributed by atoms with E-state index in [-0.39, 0.29) is 0 Å². The number of aldehydes is 2. The van der Waals surface area contributed by atoms with Crippen molar-refractivity contribution in [1.82, 2.24) is 4.98 Å². The number of hydrogen-bond donors (Lipinski definition) is 0. The predicted octanol–water partition coefficient (Wildman–Crippen LogP) is 6.10. The smallest absolute Gasteiger partial charge is 0.124 e. The Balaban J connectivity index is 1.92. The topological polar surface area (TPSA) is 53.5 Å². The average Bonchev–Trinajstić information content (AvgIpc) is 2.86. The van der Waals surface area contributed by atoms with Crippen LogP contribution in [0, 0.1) is 20.8 Å². The second kappa shape index (κ2) is 10.6. The SMILES string of the molecule is CSN1Cc2cc(N(C)CCCC=O)cnc2-c2c(C)c(-c3ccc(C)cc3)c(CC=O)c(C)c21. The van der Waals surface area contributed by atoms with Crippen LogP contribution in [0.3, 0.4) is 0 Å². The zero-order valence-electron chi connectivity index (χ0n) is 21.2. The molecule has 0 radical (unpaired) electrons. The lowest BCUT2D eigenvalue weighted by molar-refractivity contribution is -0.108. The minimum atomic E-state index is 0.385. The minimum Gasteiger partial charge on any atom is -0.373 e. The van der Waals surface area contributed by atoms with Gasteiger partial charge in [0.1, 0.15) is 12.6 Å². The molecule has 182 valence electrons. The van der Waals surface area contributed by atoms with Crippen molar-refractivity contribution in [2.24, 2.45) is 0 Å². The van der Waals surface area contributed by atoms with Gasteiger partial charge in [-0.2, -0.15) is 0 Å². The van der Waals surface area contributed by atoms with Gasteiger partial charge in [0.05, 0.1) is 29.8 Å². The summed E-state index contributed by atoms with van der Waals surface area (Å²) in [5, 5.41) is 0. The van der Waals surface area contributed by atoms with Crippen LogP contribution in [-0.2, 0) is 22.6 Å². The van der Waals surface area contributed by atoms with Gasteiger partial charge in [-0.1, -0.05) is 41.8 Å². The summed E-state index contributed by atoms with van der Waals surface area (Å²) in [6.45, 7) is 7.95. The van der Waals surface area contributed by atoms with Gasteiger partial charge in [0.25, 0.3) is 0 Å². The molecule has 2 heterocycles. The molecular weight excluding hydrogens is 454 g/mol. The third kappa shape index (κ3) is 4.72. The Morgan fingerprint density at radius 3 is 2.46 bits per heavy atom. The van der Waals surface area contributed by atoms with E-state index in [1.165, 1.54) is 11.1 Å². The number of carbonyl (C=O) groups excluding carboxylic acids is 2. The Morgan fingerprint density at radius 1 is 1.06 bits per heavy atom.